The number of rotatable bonds is 8. The van der Waals surface area contributed by atoms with E-state index < -0.39 is 0 Å². The molecule has 0 spiro atoms. The molecule has 1 atom stereocenters. The first-order chi connectivity index (χ1) is 8.72. The Morgan fingerprint density at radius 2 is 1.89 bits per heavy atom. The largest absolute Gasteiger partial charge is 0.481 e. The predicted molar refractivity (Wildman–Crippen MR) is 74.4 cm³/mol. The van der Waals surface area contributed by atoms with Crippen LogP contribution in [0.15, 0.2) is 6.33 Å². The van der Waals surface area contributed by atoms with Crippen LogP contribution in [-0.4, -0.2) is 42.2 Å². The molecule has 0 aliphatic rings. The zero-order valence-corrected chi connectivity index (χ0v) is 12.2. The summed E-state index contributed by atoms with van der Waals surface area (Å²) in [6.45, 7) is 2.81. The molecule has 6 heteroatoms. The van der Waals surface area contributed by atoms with Gasteiger partial charge >= 0.3 is 0 Å². The van der Waals surface area contributed by atoms with Crippen molar-refractivity contribution in [3.05, 3.63) is 11.9 Å². The third-order valence-electron chi connectivity index (χ3n) is 2.64. The molecule has 0 aliphatic carbocycles. The van der Waals surface area contributed by atoms with Crippen LogP contribution in [0.3, 0.4) is 0 Å². The fourth-order valence-electron chi connectivity index (χ4n) is 1.56. The highest BCUT2D eigenvalue weighted by Crippen LogP contribution is 2.23. The van der Waals surface area contributed by atoms with Crippen molar-refractivity contribution >= 4 is 11.8 Å². The number of ether oxygens (including phenoxy) is 2. The SMILES string of the molecule is COc1ncnc(OC)c1CNC(C)CCSC. The summed E-state index contributed by atoms with van der Waals surface area (Å²) in [5.74, 6) is 2.27. The first-order valence-electron chi connectivity index (χ1n) is 5.87. The van der Waals surface area contributed by atoms with Gasteiger partial charge in [0.1, 0.15) is 6.33 Å². The molecular formula is C12H21N3O2S. The minimum atomic E-state index is 0.437. The van der Waals surface area contributed by atoms with E-state index in [1.54, 1.807) is 14.2 Å². The number of aromatic nitrogens is 2. The topological polar surface area (TPSA) is 56.3 Å². The average Bonchev–Trinajstić information content (AvgIpc) is 2.42. The Morgan fingerprint density at radius 3 is 2.39 bits per heavy atom. The second kappa shape index (κ2) is 8.16. The van der Waals surface area contributed by atoms with Crippen LogP contribution < -0.4 is 14.8 Å². The molecule has 1 unspecified atom stereocenters. The molecule has 0 amide bonds. The van der Waals surface area contributed by atoms with E-state index in [0.717, 1.165) is 17.7 Å². The molecule has 0 aromatic carbocycles. The summed E-state index contributed by atoms with van der Waals surface area (Å²) in [5, 5.41) is 3.43. The van der Waals surface area contributed by atoms with E-state index >= 15 is 0 Å². The third kappa shape index (κ3) is 4.34. The Morgan fingerprint density at radius 1 is 1.28 bits per heavy atom. The van der Waals surface area contributed by atoms with Crippen molar-refractivity contribution in [1.29, 1.82) is 0 Å². The maximum Gasteiger partial charge on any atom is 0.224 e. The molecule has 0 aliphatic heterocycles. The van der Waals surface area contributed by atoms with Crippen LogP contribution in [-0.2, 0) is 6.54 Å². The number of nitrogens with zero attached hydrogens (tertiary/aromatic N) is 2. The van der Waals surface area contributed by atoms with Gasteiger partial charge in [0.2, 0.25) is 11.8 Å². The van der Waals surface area contributed by atoms with E-state index in [2.05, 4.69) is 28.5 Å². The molecule has 1 rings (SSSR count). The van der Waals surface area contributed by atoms with Crippen LogP contribution >= 0.6 is 11.8 Å². The lowest BCUT2D eigenvalue weighted by Crippen LogP contribution is -2.26. The van der Waals surface area contributed by atoms with Crippen molar-refractivity contribution in [3.63, 3.8) is 0 Å². The lowest BCUT2D eigenvalue weighted by atomic mass is 10.2. The number of hydrogen-bond acceptors (Lipinski definition) is 6. The summed E-state index contributed by atoms with van der Waals surface area (Å²) in [6.07, 6.45) is 4.68. The molecule has 0 fully saturated rings. The van der Waals surface area contributed by atoms with Gasteiger partial charge < -0.3 is 14.8 Å². The fourth-order valence-corrected chi connectivity index (χ4v) is 2.15. The Labute approximate surface area is 113 Å². The van der Waals surface area contributed by atoms with Gasteiger partial charge in [-0.2, -0.15) is 11.8 Å². The highest BCUT2D eigenvalue weighted by molar-refractivity contribution is 7.98. The van der Waals surface area contributed by atoms with Crippen LogP contribution in [0.1, 0.15) is 18.9 Å². The predicted octanol–water partition coefficient (Wildman–Crippen LogP) is 1.72. The van der Waals surface area contributed by atoms with Crippen LogP contribution in [0.4, 0.5) is 0 Å². The van der Waals surface area contributed by atoms with Gasteiger partial charge in [-0.05, 0) is 25.4 Å². The van der Waals surface area contributed by atoms with Crippen molar-refractivity contribution in [2.24, 2.45) is 0 Å². The maximum atomic E-state index is 5.23. The average molecular weight is 271 g/mol. The van der Waals surface area contributed by atoms with Crippen LogP contribution in [0, 0.1) is 0 Å². The van der Waals surface area contributed by atoms with E-state index in [0.29, 0.717) is 24.3 Å². The molecule has 1 heterocycles. The van der Waals surface area contributed by atoms with Crippen molar-refractivity contribution in [1.82, 2.24) is 15.3 Å². The highest BCUT2D eigenvalue weighted by Gasteiger charge is 2.13. The van der Waals surface area contributed by atoms with E-state index in [-0.39, 0.29) is 0 Å². The molecule has 102 valence electrons. The molecule has 1 N–H and O–H groups in total. The van der Waals surface area contributed by atoms with Gasteiger partial charge in [-0.15, -0.1) is 0 Å². The molecule has 1 aromatic rings. The number of methoxy groups -OCH3 is 2. The first kappa shape index (κ1) is 15.0. The molecule has 0 bridgehead atoms. The van der Waals surface area contributed by atoms with Crippen molar-refractivity contribution in [2.75, 3.05) is 26.2 Å². The van der Waals surface area contributed by atoms with Gasteiger partial charge in [-0.25, -0.2) is 9.97 Å². The quantitative estimate of drug-likeness (QED) is 0.777. The second-order valence-corrected chi connectivity index (χ2v) is 4.92. The zero-order chi connectivity index (χ0) is 13.4. The zero-order valence-electron chi connectivity index (χ0n) is 11.4. The molecule has 1 aromatic heterocycles. The van der Waals surface area contributed by atoms with Crippen LogP contribution in [0.25, 0.3) is 0 Å². The molecule has 0 radical (unpaired) electrons. The van der Waals surface area contributed by atoms with Gasteiger partial charge in [-0.1, -0.05) is 0 Å². The van der Waals surface area contributed by atoms with E-state index in [1.165, 1.54) is 6.33 Å². The van der Waals surface area contributed by atoms with Gasteiger partial charge in [0, 0.05) is 12.6 Å². The smallest absolute Gasteiger partial charge is 0.224 e. The number of nitrogens with one attached hydrogen (secondary N) is 1. The van der Waals surface area contributed by atoms with Gasteiger partial charge in [-0.3, -0.25) is 0 Å². The minimum Gasteiger partial charge on any atom is -0.481 e. The monoisotopic (exact) mass is 271 g/mol. The summed E-state index contributed by atoms with van der Waals surface area (Å²) in [6, 6.07) is 0.437. The van der Waals surface area contributed by atoms with Crippen molar-refractivity contribution < 1.29 is 9.47 Å². The Hall–Kier alpha value is -1.01. The summed E-state index contributed by atoms with van der Waals surface area (Å²) >= 11 is 1.85. The van der Waals surface area contributed by atoms with E-state index in [4.69, 9.17) is 9.47 Å². The third-order valence-corrected chi connectivity index (χ3v) is 3.28. The Bertz CT molecular complexity index is 341. The fraction of sp³-hybridized carbons (Fsp3) is 0.667. The summed E-state index contributed by atoms with van der Waals surface area (Å²) < 4.78 is 10.5. The molecule has 0 saturated carbocycles. The van der Waals surface area contributed by atoms with Crippen LogP contribution in [0.2, 0.25) is 0 Å². The number of thioether (sulfide) groups is 1. The lowest BCUT2D eigenvalue weighted by Gasteiger charge is -2.15. The van der Waals surface area contributed by atoms with E-state index in [9.17, 15) is 0 Å². The standard InChI is InChI=1S/C12H21N3O2S/c1-9(5-6-18-4)13-7-10-11(16-2)14-8-15-12(10)17-3/h8-9,13H,5-7H2,1-4H3. The normalized spacial score (nSPS) is 12.2. The van der Waals surface area contributed by atoms with Crippen molar-refractivity contribution in [3.8, 4) is 11.8 Å². The van der Waals surface area contributed by atoms with Gasteiger partial charge in [0.15, 0.2) is 0 Å². The van der Waals surface area contributed by atoms with Gasteiger partial charge in [0.25, 0.3) is 0 Å². The van der Waals surface area contributed by atoms with Crippen LogP contribution in [0.5, 0.6) is 11.8 Å². The molecule has 0 saturated heterocycles. The minimum absolute atomic E-state index is 0.437. The molecule has 5 nitrogen and oxygen atoms in total. The lowest BCUT2D eigenvalue weighted by molar-refractivity contribution is 0.357. The summed E-state index contributed by atoms with van der Waals surface area (Å²) in [5.41, 5.74) is 0.860. The first-order valence-corrected chi connectivity index (χ1v) is 7.26. The highest BCUT2D eigenvalue weighted by atomic mass is 32.2. The summed E-state index contributed by atoms with van der Waals surface area (Å²) in [4.78, 5) is 8.18. The molecular weight excluding hydrogens is 250 g/mol. The molecule has 18 heavy (non-hydrogen) atoms. The summed E-state index contributed by atoms with van der Waals surface area (Å²) in [7, 11) is 3.20. The maximum absolute atomic E-state index is 5.23. The van der Waals surface area contributed by atoms with Gasteiger partial charge in [0.05, 0.1) is 19.8 Å². The van der Waals surface area contributed by atoms with Crippen molar-refractivity contribution in [2.45, 2.75) is 25.9 Å². The second-order valence-electron chi connectivity index (χ2n) is 3.93. The Balaban J connectivity index is 2.65. The van der Waals surface area contributed by atoms with E-state index in [1.807, 2.05) is 11.8 Å². The number of hydrogen-bond donors (Lipinski definition) is 1. The Kier molecular flexibility index (Phi) is 6.82.